The molecular weight excluding hydrogens is 469 g/mol. The summed E-state index contributed by atoms with van der Waals surface area (Å²) in [6, 6.07) is 8.13. The van der Waals surface area contributed by atoms with Gasteiger partial charge in [0.25, 0.3) is 0 Å². The van der Waals surface area contributed by atoms with Gasteiger partial charge in [0, 0.05) is 18.5 Å². The minimum Gasteiger partial charge on any atom is -0.493 e. The number of benzene rings is 2. The molecule has 2 aromatic rings. The Kier molecular flexibility index (Phi) is 8.45. The van der Waals surface area contributed by atoms with Crippen molar-refractivity contribution in [2.75, 3.05) is 27.3 Å². The van der Waals surface area contributed by atoms with Gasteiger partial charge in [-0.2, -0.15) is 10.1 Å². The molecule has 0 radical (unpaired) electrons. The zero-order chi connectivity index (χ0) is 24.9. The third kappa shape index (κ3) is 5.01. The highest BCUT2D eigenvalue weighted by molar-refractivity contribution is 8.13. The Bertz CT molecular complexity index is 1060. The molecule has 4 rings (SSSR count). The number of nitrogens with two attached hydrogens (primary N) is 1. The summed E-state index contributed by atoms with van der Waals surface area (Å²) in [5.74, 6) is -0.229. The second-order valence-corrected chi connectivity index (χ2v) is 8.82. The Morgan fingerprint density at radius 1 is 1.35 bits per heavy atom. The Hall–Kier alpha value is -2.76. The smallest absolute Gasteiger partial charge is 0.365 e. The molecule has 2 N–H and O–H groups in total. The van der Waals surface area contributed by atoms with Crippen LogP contribution in [0.5, 0.6) is 5.75 Å². The van der Waals surface area contributed by atoms with Gasteiger partial charge in [-0.3, -0.25) is 4.84 Å². The average molecular weight is 497 g/mol. The van der Waals surface area contributed by atoms with Crippen molar-refractivity contribution < 1.29 is 27.5 Å². The SMILES string of the molecule is CON(C)C(=O)N1N=CSC12c1cc(CF)ccc1OCC2CCN.Cc1cc(F)ccc1F. The summed E-state index contributed by atoms with van der Waals surface area (Å²) in [4.78, 5) is 17.0. The Morgan fingerprint density at radius 2 is 2.12 bits per heavy atom. The molecule has 2 heterocycles. The number of hydrazone groups is 1. The monoisotopic (exact) mass is 496 g/mol. The van der Waals surface area contributed by atoms with E-state index in [1.807, 2.05) is 0 Å². The van der Waals surface area contributed by atoms with Crippen molar-refractivity contribution in [1.82, 2.24) is 10.1 Å². The number of amides is 2. The van der Waals surface area contributed by atoms with Crippen molar-refractivity contribution in [1.29, 1.82) is 0 Å². The highest BCUT2D eigenvalue weighted by Crippen LogP contribution is 2.55. The first-order chi connectivity index (χ1) is 16.3. The Morgan fingerprint density at radius 3 is 2.74 bits per heavy atom. The molecule has 34 heavy (non-hydrogen) atoms. The normalized spacial score (nSPS) is 20.4. The van der Waals surface area contributed by atoms with Crippen molar-refractivity contribution in [3.63, 3.8) is 0 Å². The highest BCUT2D eigenvalue weighted by Gasteiger charge is 2.55. The third-order valence-electron chi connectivity index (χ3n) is 5.65. The van der Waals surface area contributed by atoms with Crippen LogP contribution in [0.2, 0.25) is 0 Å². The van der Waals surface area contributed by atoms with E-state index in [0.717, 1.165) is 28.8 Å². The number of hydroxylamine groups is 2. The molecule has 0 aromatic heterocycles. The maximum Gasteiger partial charge on any atom is 0.365 e. The maximum absolute atomic E-state index is 13.2. The summed E-state index contributed by atoms with van der Waals surface area (Å²) in [5.41, 5.74) is 9.01. The first-order valence-electron chi connectivity index (χ1n) is 10.5. The number of aryl methyl sites for hydroxylation is 1. The molecule has 184 valence electrons. The quantitative estimate of drug-likeness (QED) is 0.629. The first-order valence-corrected chi connectivity index (χ1v) is 11.4. The highest BCUT2D eigenvalue weighted by atomic mass is 32.2. The van der Waals surface area contributed by atoms with Gasteiger partial charge >= 0.3 is 6.03 Å². The molecule has 0 fully saturated rings. The number of ether oxygens (including phenoxy) is 1. The molecule has 0 saturated carbocycles. The van der Waals surface area contributed by atoms with Crippen molar-refractivity contribution in [3.8, 4) is 5.75 Å². The number of thioether (sulfide) groups is 1. The van der Waals surface area contributed by atoms with E-state index in [2.05, 4.69) is 5.10 Å². The average Bonchev–Trinajstić information content (AvgIpc) is 3.28. The van der Waals surface area contributed by atoms with Crippen molar-refractivity contribution in [2.24, 2.45) is 16.8 Å². The lowest BCUT2D eigenvalue weighted by atomic mass is 9.86. The predicted molar refractivity (Wildman–Crippen MR) is 125 cm³/mol. The standard InChI is InChI=1S/C16H21FN4O3S.C7H6F2/c1-20(23-2)15(22)21-16(25-10-19-21)12(5-6-18)9-24-14-4-3-11(8-17)7-13(14)16;1-5-4-6(8)2-3-7(5)9/h3-4,7,10,12H,5-6,8-9,18H2,1-2H3;2-4H,1H3. The topological polar surface area (TPSA) is 80.4 Å². The van der Waals surface area contributed by atoms with Gasteiger partial charge in [0.15, 0.2) is 4.87 Å². The van der Waals surface area contributed by atoms with E-state index in [4.69, 9.17) is 15.3 Å². The van der Waals surface area contributed by atoms with Gasteiger partial charge < -0.3 is 10.5 Å². The van der Waals surface area contributed by atoms with Crippen molar-refractivity contribution in [2.45, 2.75) is 24.9 Å². The summed E-state index contributed by atoms with van der Waals surface area (Å²) in [6.07, 6.45) is 0.635. The van der Waals surface area contributed by atoms with Crippen LogP contribution in [0.25, 0.3) is 0 Å². The molecule has 0 aliphatic carbocycles. The lowest BCUT2D eigenvalue weighted by molar-refractivity contribution is -0.0845. The molecule has 7 nitrogen and oxygen atoms in total. The number of fused-ring (bicyclic) bond motifs is 2. The fraction of sp³-hybridized carbons (Fsp3) is 0.391. The Labute approximate surface area is 200 Å². The lowest BCUT2D eigenvalue weighted by Crippen LogP contribution is -2.54. The number of hydrogen-bond acceptors (Lipinski definition) is 6. The van der Waals surface area contributed by atoms with Gasteiger partial charge in [-0.05, 0) is 61.3 Å². The summed E-state index contributed by atoms with van der Waals surface area (Å²) in [5, 5.41) is 6.78. The van der Waals surface area contributed by atoms with Gasteiger partial charge in [-0.1, -0.05) is 17.8 Å². The van der Waals surface area contributed by atoms with Gasteiger partial charge in [0.05, 0.1) is 19.3 Å². The number of hydrogen-bond donors (Lipinski definition) is 1. The zero-order valence-electron chi connectivity index (χ0n) is 19.1. The molecular formula is C23H27F3N4O3S. The fourth-order valence-corrected chi connectivity index (χ4v) is 5.01. The van der Waals surface area contributed by atoms with Crippen LogP contribution in [0.4, 0.5) is 18.0 Å². The number of halogens is 3. The molecule has 2 atom stereocenters. The first kappa shape index (κ1) is 25.9. The van der Waals surface area contributed by atoms with Crippen LogP contribution in [0, 0.1) is 24.5 Å². The molecule has 11 heteroatoms. The predicted octanol–water partition coefficient (Wildman–Crippen LogP) is 4.54. The van der Waals surface area contributed by atoms with E-state index in [0.29, 0.717) is 36.4 Å². The van der Waals surface area contributed by atoms with Gasteiger partial charge in [0.2, 0.25) is 0 Å². The van der Waals surface area contributed by atoms with Crippen molar-refractivity contribution in [3.05, 3.63) is 64.7 Å². The molecule has 2 unspecified atom stereocenters. The Balaban J connectivity index is 0.000000302. The van der Waals surface area contributed by atoms with Crippen LogP contribution in [0.1, 0.15) is 23.1 Å². The minimum absolute atomic E-state index is 0.0958. The third-order valence-corrected chi connectivity index (χ3v) is 6.93. The van der Waals surface area contributed by atoms with E-state index < -0.39 is 23.4 Å². The second-order valence-electron chi connectivity index (χ2n) is 7.75. The molecule has 2 aliphatic rings. The fourth-order valence-electron chi connectivity index (χ4n) is 3.81. The van der Waals surface area contributed by atoms with Crippen LogP contribution in [0.15, 0.2) is 41.5 Å². The van der Waals surface area contributed by atoms with E-state index in [1.54, 1.807) is 23.7 Å². The summed E-state index contributed by atoms with van der Waals surface area (Å²) in [6.45, 7) is 1.77. The maximum atomic E-state index is 13.2. The lowest BCUT2D eigenvalue weighted by Gasteiger charge is -2.45. The van der Waals surface area contributed by atoms with E-state index in [9.17, 15) is 18.0 Å². The van der Waals surface area contributed by atoms with Crippen LogP contribution in [-0.2, 0) is 16.4 Å². The number of nitrogens with zero attached hydrogens (tertiary/aromatic N) is 3. The number of rotatable bonds is 4. The number of carbonyl (C=O) groups excluding carboxylic acids is 1. The zero-order valence-corrected chi connectivity index (χ0v) is 19.9. The number of carbonyl (C=O) groups is 1. The van der Waals surface area contributed by atoms with Crippen LogP contribution in [-0.4, -0.2) is 49.0 Å². The molecule has 2 aromatic carbocycles. The van der Waals surface area contributed by atoms with E-state index in [-0.39, 0.29) is 11.7 Å². The molecule has 2 aliphatic heterocycles. The van der Waals surface area contributed by atoms with Crippen LogP contribution in [0.3, 0.4) is 0 Å². The summed E-state index contributed by atoms with van der Waals surface area (Å²) < 4.78 is 43.6. The van der Waals surface area contributed by atoms with Crippen molar-refractivity contribution >= 4 is 23.3 Å². The number of alkyl halides is 1. The molecule has 0 saturated heterocycles. The summed E-state index contributed by atoms with van der Waals surface area (Å²) in [7, 11) is 2.93. The number of urea groups is 1. The van der Waals surface area contributed by atoms with Gasteiger partial charge in [-0.25, -0.2) is 23.0 Å². The molecule has 2 amide bonds. The van der Waals surface area contributed by atoms with Crippen LogP contribution >= 0.6 is 11.8 Å². The van der Waals surface area contributed by atoms with Crippen LogP contribution < -0.4 is 10.5 Å². The second kappa shape index (κ2) is 11.1. The largest absolute Gasteiger partial charge is 0.493 e. The summed E-state index contributed by atoms with van der Waals surface area (Å²) >= 11 is 1.41. The van der Waals surface area contributed by atoms with Gasteiger partial charge in [-0.15, -0.1) is 0 Å². The molecule has 1 spiro atoms. The van der Waals surface area contributed by atoms with Gasteiger partial charge in [0.1, 0.15) is 24.1 Å². The van der Waals surface area contributed by atoms with E-state index in [1.165, 1.54) is 37.9 Å². The minimum atomic E-state index is -0.831. The van der Waals surface area contributed by atoms with E-state index >= 15 is 0 Å². The molecule has 0 bridgehead atoms.